The van der Waals surface area contributed by atoms with Crippen LogP contribution in [0.15, 0.2) is 0 Å². The van der Waals surface area contributed by atoms with Crippen LogP contribution >= 0.6 is 11.3 Å². The van der Waals surface area contributed by atoms with Crippen LogP contribution in [0, 0.1) is 0 Å². The van der Waals surface area contributed by atoms with Gasteiger partial charge in [-0.3, -0.25) is 0 Å². The van der Waals surface area contributed by atoms with E-state index in [1.165, 1.54) is 11.3 Å². The Morgan fingerprint density at radius 1 is 1.62 bits per heavy atom. The van der Waals surface area contributed by atoms with Crippen molar-refractivity contribution in [3.63, 3.8) is 0 Å². The fourth-order valence-corrected chi connectivity index (χ4v) is 3.29. The molecule has 1 aliphatic carbocycles. The standard InChI is InChI=1S/C12H21N3S/c1-4-8(2)15(3)12-14-11-9(13)6-5-7-10(11)16-12/h8-9H,4-7,13H2,1-3H3. The van der Waals surface area contributed by atoms with Gasteiger partial charge in [-0.2, -0.15) is 0 Å². The maximum absolute atomic E-state index is 6.09. The molecular formula is C12H21N3S. The summed E-state index contributed by atoms with van der Waals surface area (Å²) in [5, 5.41) is 1.14. The smallest absolute Gasteiger partial charge is 0.185 e. The maximum Gasteiger partial charge on any atom is 0.185 e. The highest BCUT2D eigenvalue weighted by Gasteiger charge is 2.23. The molecule has 1 aromatic rings. The first kappa shape index (κ1) is 11.9. The highest BCUT2D eigenvalue weighted by atomic mass is 32.1. The lowest BCUT2D eigenvalue weighted by molar-refractivity contribution is 0.562. The molecule has 3 nitrogen and oxygen atoms in total. The third-order valence-corrected chi connectivity index (χ3v) is 4.76. The molecule has 0 bridgehead atoms. The average molecular weight is 239 g/mol. The normalized spacial score (nSPS) is 21.6. The first-order valence-electron chi connectivity index (χ1n) is 6.11. The number of hydrogen-bond acceptors (Lipinski definition) is 4. The van der Waals surface area contributed by atoms with Crippen molar-refractivity contribution < 1.29 is 0 Å². The van der Waals surface area contributed by atoms with Crippen molar-refractivity contribution in [2.75, 3.05) is 11.9 Å². The Labute approximate surface area is 102 Å². The molecule has 2 N–H and O–H groups in total. The van der Waals surface area contributed by atoms with Crippen LogP contribution < -0.4 is 10.6 Å². The number of nitrogens with two attached hydrogens (primary N) is 1. The summed E-state index contributed by atoms with van der Waals surface area (Å²) in [7, 11) is 2.13. The summed E-state index contributed by atoms with van der Waals surface area (Å²) < 4.78 is 0. The second-order valence-electron chi connectivity index (χ2n) is 4.67. The second-order valence-corrected chi connectivity index (χ2v) is 5.73. The lowest BCUT2D eigenvalue weighted by atomic mass is 9.99. The van der Waals surface area contributed by atoms with Gasteiger partial charge in [-0.05, 0) is 32.6 Å². The minimum Gasteiger partial charge on any atom is -0.348 e. The molecule has 1 aliphatic rings. The van der Waals surface area contributed by atoms with E-state index in [1.54, 1.807) is 0 Å². The number of aryl methyl sites for hydroxylation is 1. The summed E-state index contributed by atoms with van der Waals surface area (Å²) in [5.74, 6) is 0. The number of anilines is 1. The third-order valence-electron chi connectivity index (χ3n) is 3.54. The van der Waals surface area contributed by atoms with E-state index < -0.39 is 0 Å². The molecule has 16 heavy (non-hydrogen) atoms. The fourth-order valence-electron chi connectivity index (χ4n) is 2.05. The molecule has 2 unspecified atom stereocenters. The fraction of sp³-hybridized carbons (Fsp3) is 0.750. The Balaban J connectivity index is 2.24. The van der Waals surface area contributed by atoms with Crippen molar-refractivity contribution in [2.24, 2.45) is 5.73 Å². The Hall–Kier alpha value is -0.610. The zero-order chi connectivity index (χ0) is 11.7. The highest BCUT2D eigenvalue weighted by molar-refractivity contribution is 7.15. The Bertz CT molecular complexity index is 361. The van der Waals surface area contributed by atoms with Crippen molar-refractivity contribution in [3.05, 3.63) is 10.6 Å². The second kappa shape index (κ2) is 4.72. The van der Waals surface area contributed by atoms with Gasteiger partial charge < -0.3 is 10.6 Å². The van der Waals surface area contributed by atoms with Gasteiger partial charge >= 0.3 is 0 Å². The zero-order valence-electron chi connectivity index (χ0n) is 10.4. The Morgan fingerprint density at radius 3 is 3.00 bits per heavy atom. The number of hydrogen-bond donors (Lipinski definition) is 1. The molecule has 90 valence electrons. The lowest BCUT2D eigenvalue weighted by Gasteiger charge is -2.22. The van der Waals surface area contributed by atoms with Gasteiger partial charge in [0.2, 0.25) is 0 Å². The topological polar surface area (TPSA) is 42.2 Å². The number of thiazole rings is 1. The van der Waals surface area contributed by atoms with Gasteiger partial charge in [0.1, 0.15) is 0 Å². The van der Waals surface area contributed by atoms with Crippen molar-refractivity contribution in [3.8, 4) is 0 Å². The van der Waals surface area contributed by atoms with Gasteiger partial charge in [0, 0.05) is 24.0 Å². The van der Waals surface area contributed by atoms with Crippen LogP contribution in [0.4, 0.5) is 5.13 Å². The quantitative estimate of drug-likeness (QED) is 0.882. The van der Waals surface area contributed by atoms with Gasteiger partial charge in [-0.1, -0.05) is 6.92 Å². The summed E-state index contributed by atoms with van der Waals surface area (Å²) in [5.41, 5.74) is 7.25. The Kier molecular flexibility index (Phi) is 3.50. The van der Waals surface area contributed by atoms with Crippen molar-refractivity contribution in [2.45, 2.75) is 51.6 Å². The van der Waals surface area contributed by atoms with Crippen LogP contribution in [0.2, 0.25) is 0 Å². The third kappa shape index (κ3) is 2.09. The van der Waals surface area contributed by atoms with Crippen LogP contribution in [-0.2, 0) is 6.42 Å². The number of nitrogens with zero attached hydrogens (tertiary/aromatic N) is 2. The number of rotatable bonds is 3. The van der Waals surface area contributed by atoms with E-state index in [1.807, 2.05) is 11.3 Å². The molecule has 0 spiro atoms. The van der Waals surface area contributed by atoms with E-state index in [9.17, 15) is 0 Å². The van der Waals surface area contributed by atoms with Gasteiger partial charge in [0.05, 0.1) is 5.69 Å². The molecule has 0 radical (unpaired) electrons. The van der Waals surface area contributed by atoms with Gasteiger partial charge in [-0.15, -0.1) is 11.3 Å². The van der Waals surface area contributed by atoms with Crippen molar-refractivity contribution in [1.29, 1.82) is 0 Å². The summed E-state index contributed by atoms with van der Waals surface area (Å²) in [6.45, 7) is 4.45. The number of aromatic nitrogens is 1. The number of fused-ring (bicyclic) bond motifs is 1. The highest BCUT2D eigenvalue weighted by Crippen LogP contribution is 2.35. The average Bonchev–Trinajstić information content (AvgIpc) is 2.72. The van der Waals surface area contributed by atoms with Crippen LogP contribution in [0.1, 0.15) is 49.7 Å². The molecule has 0 fully saturated rings. The molecule has 4 heteroatoms. The first-order chi connectivity index (χ1) is 7.63. The van der Waals surface area contributed by atoms with E-state index in [0.29, 0.717) is 6.04 Å². The predicted molar refractivity (Wildman–Crippen MR) is 70.1 cm³/mol. The monoisotopic (exact) mass is 239 g/mol. The van der Waals surface area contributed by atoms with Crippen LogP contribution in [0.5, 0.6) is 0 Å². The van der Waals surface area contributed by atoms with Gasteiger partial charge in [-0.25, -0.2) is 4.98 Å². The molecule has 0 saturated heterocycles. The summed E-state index contributed by atoms with van der Waals surface area (Å²) in [6, 6.07) is 0.711. The van der Waals surface area contributed by atoms with Crippen molar-refractivity contribution in [1.82, 2.24) is 4.98 Å². The summed E-state index contributed by atoms with van der Waals surface area (Å²) in [6.07, 6.45) is 4.61. The first-order valence-corrected chi connectivity index (χ1v) is 6.93. The van der Waals surface area contributed by atoms with Crippen LogP contribution in [0.25, 0.3) is 0 Å². The SMILES string of the molecule is CCC(C)N(C)c1nc2c(s1)CCCC2N. The minimum absolute atomic E-state index is 0.166. The van der Waals surface area contributed by atoms with E-state index >= 15 is 0 Å². The van der Waals surface area contributed by atoms with E-state index in [-0.39, 0.29) is 6.04 Å². The van der Waals surface area contributed by atoms with Crippen LogP contribution in [-0.4, -0.2) is 18.1 Å². The van der Waals surface area contributed by atoms with Crippen molar-refractivity contribution >= 4 is 16.5 Å². The van der Waals surface area contributed by atoms with Gasteiger partial charge in [0.25, 0.3) is 0 Å². The maximum atomic E-state index is 6.09. The molecule has 1 heterocycles. The largest absolute Gasteiger partial charge is 0.348 e. The van der Waals surface area contributed by atoms with E-state index in [0.717, 1.165) is 30.1 Å². The molecule has 0 saturated carbocycles. The molecular weight excluding hydrogens is 218 g/mol. The molecule has 2 atom stereocenters. The summed E-state index contributed by atoms with van der Waals surface area (Å²) >= 11 is 1.83. The minimum atomic E-state index is 0.166. The summed E-state index contributed by atoms with van der Waals surface area (Å²) in [4.78, 5) is 8.40. The molecule has 0 amide bonds. The molecule has 0 aromatic carbocycles. The van der Waals surface area contributed by atoms with E-state index in [2.05, 4.69) is 25.8 Å². The molecule has 0 aliphatic heterocycles. The van der Waals surface area contributed by atoms with Gasteiger partial charge in [0.15, 0.2) is 5.13 Å². The van der Waals surface area contributed by atoms with Crippen LogP contribution in [0.3, 0.4) is 0 Å². The molecule has 1 aromatic heterocycles. The Morgan fingerprint density at radius 2 is 2.38 bits per heavy atom. The lowest BCUT2D eigenvalue weighted by Crippen LogP contribution is -2.27. The molecule has 2 rings (SSSR count). The predicted octanol–water partition coefficient (Wildman–Crippen LogP) is 2.71. The van der Waals surface area contributed by atoms with E-state index in [4.69, 9.17) is 10.7 Å². The zero-order valence-corrected chi connectivity index (χ0v) is 11.2.